The minimum Gasteiger partial charge on any atom is -0.409 e. The van der Waals surface area contributed by atoms with E-state index in [0.717, 1.165) is 17.7 Å². The van der Waals surface area contributed by atoms with Gasteiger partial charge in [0.2, 0.25) is 0 Å². The van der Waals surface area contributed by atoms with Crippen molar-refractivity contribution < 1.29 is 5.21 Å². The van der Waals surface area contributed by atoms with Crippen LogP contribution in [0.25, 0.3) is 0 Å². The van der Waals surface area contributed by atoms with Crippen molar-refractivity contribution in [2.45, 2.75) is 19.4 Å². The molecule has 0 aliphatic carbocycles. The second-order valence-electron chi connectivity index (χ2n) is 4.92. The maximum absolute atomic E-state index is 8.95. The number of aromatic nitrogens is 1. The molecule has 21 heavy (non-hydrogen) atoms. The highest BCUT2D eigenvalue weighted by Crippen LogP contribution is 2.15. The molecule has 0 aliphatic heterocycles. The molecule has 1 atom stereocenters. The summed E-state index contributed by atoms with van der Waals surface area (Å²) in [7, 11) is 0. The van der Waals surface area contributed by atoms with Crippen LogP contribution in [0.15, 0.2) is 53.9 Å². The van der Waals surface area contributed by atoms with Crippen molar-refractivity contribution in [2.24, 2.45) is 10.9 Å². The van der Waals surface area contributed by atoms with Gasteiger partial charge >= 0.3 is 0 Å². The average Bonchev–Trinajstić information content (AvgIpc) is 2.53. The molecule has 0 radical (unpaired) electrons. The summed E-state index contributed by atoms with van der Waals surface area (Å²) in [6.07, 6.45) is 3.62. The Balaban J connectivity index is 2.02. The second-order valence-corrected chi connectivity index (χ2v) is 4.92. The van der Waals surface area contributed by atoms with E-state index in [4.69, 9.17) is 10.9 Å². The van der Waals surface area contributed by atoms with E-state index >= 15 is 0 Å². The van der Waals surface area contributed by atoms with Crippen molar-refractivity contribution in [3.63, 3.8) is 0 Å². The number of oxime groups is 1. The van der Waals surface area contributed by atoms with Gasteiger partial charge in [-0.25, -0.2) is 0 Å². The first-order valence-electron chi connectivity index (χ1n) is 6.85. The number of benzene rings is 1. The second kappa shape index (κ2) is 7.40. The number of nitrogens with zero attached hydrogens (tertiary/aromatic N) is 2. The van der Waals surface area contributed by atoms with E-state index in [9.17, 15) is 0 Å². The van der Waals surface area contributed by atoms with Crippen LogP contribution in [0.4, 0.5) is 0 Å². The Bertz CT molecular complexity index is 598. The molecule has 0 saturated heterocycles. The first-order valence-corrected chi connectivity index (χ1v) is 6.85. The third-order valence-electron chi connectivity index (χ3n) is 3.47. The van der Waals surface area contributed by atoms with Gasteiger partial charge in [0, 0.05) is 25.5 Å². The van der Waals surface area contributed by atoms with E-state index in [1.807, 2.05) is 49.5 Å². The van der Waals surface area contributed by atoms with Crippen molar-refractivity contribution in [1.82, 2.24) is 10.3 Å². The minimum absolute atomic E-state index is 0.154. The molecular weight excluding hydrogens is 264 g/mol. The van der Waals surface area contributed by atoms with Gasteiger partial charge in [-0.3, -0.25) is 4.98 Å². The summed E-state index contributed by atoms with van der Waals surface area (Å²) in [5, 5.41) is 15.5. The lowest BCUT2D eigenvalue weighted by Crippen LogP contribution is -2.31. The van der Waals surface area contributed by atoms with Crippen LogP contribution in [-0.4, -0.2) is 22.6 Å². The fourth-order valence-corrected chi connectivity index (χ4v) is 2.20. The van der Waals surface area contributed by atoms with Gasteiger partial charge < -0.3 is 16.3 Å². The first kappa shape index (κ1) is 15.0. The molecule has 1 heterocycles. The van der Waals surface area contributed by atoms with E-state index in [2.05, 4.69) is 15.5 Å². The summed E-state index contributed by atoms with van der Waals surface area (Å²) in [5.41, 5.74) is 9.16. The lowest BCUT2D eigenvalue weighted by molar-refractivity contribution is 0.315. The van der Waals surface area contributed by atoms with E-state index in [1.54, 1.807) is 6.20 Å². The number of nitrogens with one attached hydrogen (secondary N) is 1. The standard InChI is InChI=1S/C16H20N4O/c1-12-9-18-8-7-14(12)10-19-11-15(16(17)20-21)13-5-3-2-4-6-13/h2-9,15,19,21H,10-11H2,1H3,(H2,17,20). The fourth-order valence-electron chi connectivity index (χ4n) is 2.20. The van der Waals surface area contributed by atoms with Crippen LogP contribution in [0.2, 0.25) is 0 Å². The highest BCUT2D eigenvalue weighted by atomic mass is 16.4. The van der Waals surface area contributed by atoms with Crippen molar-refractivity contribution in [3.8, 4) is 0 Å². The molecule has 1 aromatic carbocycles. The third-order valence-corrected chi connectivity index (χ3v) is 3.47. The van der Waals surface area contributed by atoms with Crippen LogP contribution in [0.5, 0.6) is 0 Å². The zero-order valence-corrected chi connectivity index (χ0v) is 12.0. The zero-order chi connectivity index (χ0) is 15.1. The van der Waals surface area contributed by atoms with E-state index in [0.29, 0.717) is 6.54 Å². The van der Waals surface area contributed by atoms with Crippen LogP contribution in [0.3, 0.4) is 0 Å². The van der Waals surface area contributed by atoms with Gasteiger partial charge in [0.15, 0.2) is 0 Å². The van der Waals surface area contributed by atoms with Crippen LogP contribution < -0.4 is 11.1 Å². The topological polar surface area (TPSA) is 83.5 Å². The Hall–Kier alpha value is -2.40. The molecule has 4 N–H and O–H groups in total. The van der Waals surface area contributed by atoms with Gasteiger partial charge in [-0.2, -0.15) is 0 Å². The molecule has 110 valence electrons. The van der Waals surface area contributed by atoms with E-state index in [1.165, 1.54) is 5.56 Å². The summed E-state index contributed by atoms with van der Waals surface area (Å²) in [4.78, 5) is 4.08. The maximum Gasteiger partial charge on any atom is 0.147 e. The normalized spacial score (nSPS) is 13.1. The summed E-state index contributed by atoms with van der Waals surface area (Å²) in [6.45, 7) is 3.35. The lowest BCUT2D eigenvalue weighted by Gasteiger charge is -2.17. The molecule has 1 unspecified atom stereocenters. The van der Waals surface area contributed by atoms with Crippen LogP contribution >= 0.6 is 0 Å². The van der Waals surface area contributed by atoms with Gasteiger partial charge in [0.1, 0.15) is 5.84 Å². The Morgan fingerprint density at radius 3 is 2.76 bits per heavy atom. The number of hydrogen-bond donors (Lipinski definition) is 3. The average molecular weight is 284 g/mol. The summed E-state index contributed by atoms with van der Waals surface area (Å²) in [5.74, 6) is 0.0542. The van der Waals surface area contributed by atoms with Crippen molar-refractivity contribution in [2.75, 3.05) is 6.54 Å². The smallest absolute Gasteiger partial charge is 0.147 e. The SMILES string of the molecule is Cc1cnccc1CNCC(/C(N)=N/O)c1ccccc1. The van der Waals surface area contributed by atoms with Crippen molar-refractivity contribution >= 4 is 5.84 Å². The molecule has 0 fully saturated rings. The number of aryl methyl sites for hydroxylation is 1. The van der Waals surface area contributed by atoms with E-state index in [-0.39, 0.29) is 11.8 Å². The number of rotatable bonds is 6. The van der Waals surface area contributed by atoms with Crippen molar-refractivity contribution in [1.29, 1.82) is 0 Å². The molecular formula is C16H20N4O. The zero-order valence-electron chi connectivity index (χ0n) is 12.0. The molecule has 0 spiro atoms. The summed E-state index contributed by atoms with van der Waals surface area (Å²) < 4.78 is 0. The largest absolute Gasteiger partial charge is 0.409 e. The van der Waals surface area contributed by atoms with Gasteiger partial charge in [0.25, 0.3) is 0 Å². The highest BCUT2D eigenvalue weighted by Gasteiger charge is 2.16. The molecule has 0 saturated carbocycles. The third kappa shape index (κ3) is 4.03. The molecule has 2 rings (SSSR count). The summed E-state index contributed by atoms with van der Waals surface area (Å²) in [6, 6.07) is 11.8. The number of nitrogens with two attached hydrogens (primary N) is 1. The molecule has 5 nitrogen and oxygen atoms in total. The van der Waals surface area contributed by atoms with Crippen LogP contribution in [-0.2, 0) is 6.54 Å². The molecule has 0 bridgehead atoms. The molecule has 0 amide bonds. The molecule has 0 aliphatic rings. The van der Waals surface area contributed by atoms with Crippen LogP contribution in [0.1, 0.15) is 22.6 Å². The number of amidine groups is 1. The van der Waals surface area contributed by atoms with Crippen LogP contribution in [0, 0.1) is 6.92 Å². The molecule has 1 aromatic heterocycles. The minimum atomic E-state index is -0.154. The van der Waals surface area contributed by atoms with Crippen molar-refractivity contribution in [3.05, 3.63) is 65.5 Å². The number of hydrogen-bond acceptors (Lipinski definition) is 4. The van der Waals surface area contributed by atoms with Gasteiger partial charge in [-0.05, 0) is 29.7 Å². The highest BCUT2D eigenvalue weighted by molar-refractivity contribution is 5.87. The predicted octanol–water partition coefficient (Wildman–Crippen LogP) is 2.01. The Labute approximate surface area is 124 Å². The van der Waals surface area contributed by atoms with Gasteiger partial charge in [0.05, 0.1) is 5.92 Å². The lowest BCUT2D eigenvalue weighted by atomic mass is 9.98. The monoisotopic (exact) mass is 284 g/mol. The quantitative estimate of drug-likeness (QED) is 0.328. The Kier molecular flexibility index (Phi) is 5.29. The first-order chi connectivity index (χ1) is 10.2. The maximum atomic E-state index is 8.95. The van der Waals surface area contributed by atoms with E-state index < -0.39 is 0 Å². The Morgan fingerprint density at radius 2 is 2.10 bits per heavy atom. The number of pyridine rings is 1. The summed E-state index contributed by atoms with van der Waals surface area (Å²) >= 11 is 0. The molecule has 5 heteroatoms. The predicted molar refractivity (Wildman–Crippen MR) is 83.3 cm³/mol. The Morgan fingerprint density at radius 1 is 1.33 bits per heavy atom. The molecule has 2 aromatic rings. The van der Waals surface area contributed by atoms with Gasteiger partial charge in [-0.1, -0.05) is 35.5 Å². The van der Waals surface area contributed by atoms with Gasteiger partial charge in [-0.15, -0.1) is 0 Å². The fraction of sp³-hybridized carbons (Fsp3) is 0.250.